The Labute approximate surface area is 114 Å². The fourth-order valence-corrected chi connectivity index (χ4v) is 1.58. The van der Waals surface area contributed by atoms with E-state index in [1.54, 1.807) is 0 Å². The van der Waals surface area contributed by atoms with E-state index in [1.807, 2.05) is 25.1 Å². The number of anilines is 1. The summed E-state index contributed by atoms with van der Waals surface area (Å²) in [6.45, 7) is 5.09. The average molecular weight is 259 g/mol. The van der Waals surface area contributed by atoms with E-state index < -0.39 is 0 Å². The summed E-state index contributed by atoms with van der Waals surface area (Å²) in [4.78, 5) is 11.6. The predicted molar refractivity (Wildman–Crippen MR) is 79.0 cm³/mol. The van der Waals surface area contributed by atoms with Crippen molar-refractivity contribution in [2.24, 2.45) is 5.73 Å². The van der Waals surface area contributed by atoms with Crippen LogP contribution in [0.25, 0.3) is 0 Å². The maximum atomic E-state index is 11.6. The Hall–Kier alpha value is -1.99. The number of hydrogen-bond donors (Lipinski definition) is 3. The molecule has 0 aromatic heterocycles. The lowest BCUT2D eigenvalue weighted by atomic mass is 10.1. The van der Waals surface area contributed by atoms with E-state index in [0.717, 1.165) is 29.7 Å². The molecule has 0 saturated carbocycles. The van der Waals surface area contributed by atoms with Crippen LogP contribution in [-0.2, 0) is 0 Å². The van der Waals surface area contributed by atoms with Gasteiger partial charge in [-0.2, -0.15) is 0 Å². The van der Waals surface area contributed by atoms with Crippen LogP contribution in [0.15, 0.2) is 18.2 Å². The Bertz CT molecular complexity index is 486. The van der Waals surface area contributed by atoms with Crippen LogP contribution in [-0.4, -0.2) is 19.1 Å². The van der Waals surface area contributed by atoms with Crippen LogP contribution in [0.5, 0.6) is 0 Å². The summed E-state index contributed by atoms with van der Waals surface area (Å²) < 4.78 is 0. The minimum atomic E-state index is -0.173. The minimum Gasteiger partial charge on any atom is -0.338 e. The van der Waals surface area contributed by atoms with E-state index in [0.29, 0.717) is 13.1 Å². The standard InChI is InChI=1S/C15H21N3O/c1-3-4-10-17-15(19)18-14-8-7-13(6-5-9-16)12(2)11-14/h7-8,11H,3-4,9-10,16H2,1-2H3,(H2,17,18,19). The third kappa shape index (κ3) is 5.45. The number of aryl methyl sites for hydroxylation is 1. The van der Waals surface area contributed by atoms with Crippen LogP contribution in [0.1, 0.15) is 30.9 Å². The first kappa shape index (κ1) is 15.1. The van der Waals surface area contributed by atoms with Gasteiger partial charge in [0.2, 0.25) is 0 Å². The van der Waals surface area contributed by atoms with Crippen molar-refractivity contribution in [2.75, 3.05) is 18.4 Å². The van der Waals surface area contributed by atoms with Gasteiger partial charge in [-0.25, -0.2) is 4.79 Å². The molecule has 0 radical (unpaired) electrons. The molecule has 0 heterocycles. The van der Waals surface area contributed by atoms with Gasteiger partial charge in [0.1, 0.15) is 0 Å². The Morgan fingerprint density at radius 3 is 2.84 bits per heavy atom. The first-order valence-electron chi connectivity index (χ1n) is 6.51. The molecular formula is C15H21N3O. The molecule has 0 aliphatic carbocycles. The highest BCUT2D eigenvalue weighted by Crippen LogP contribution is 2.14. The zero-order valence-electron chi connectivity index (χ0n) is 11.5. The number of hydrogen-bond acceptors (Lipinski definition) is 2. The van der Waals surface area contributed by atoms with Gasteiger partial charge in [0.15, 0.2) is 0 Å². The molecule has 2 amide bonds. The molecular weight excluding hydrogens is 238 g/mol. The summed E-state index contributed by atoms with van der Waals surface area (Å²) in [5.41, 5.74) is 8.06. The lowest BCUT2D eigenvalue weighted by molar-refractivity contribution is 0.252. The molecule has 0 fully saturated rings. The van der Waals surface area contributed by atoms with Crippen LogP contribution in [0.2, 0.25) is 0 Å². The number of benzene rings is 1. The van der Waals surface area contributed by atoms with Crippen molar-refractivity contribution in [2.45, 2.75) is 26.7 Å². The molecule has 1 aromatic rings. The number of nitrogens with one attached hydrogen (secondary N) is 2. The maximum Gasteiger partial charge on any atom is 0.319 e. The smallest absolute Gasteiger partial charge is 0.319 e. The lowest BCUT2D eigenvalue weighted by Gasteiger charge is -2.08. The van der Waals surface area contributed by atoms with Crippen LogP contribution in [0, 0.1) is 18.8 Å². The van der Waals surface area contributed by atoms with Gasteiger partial charge in [-0.05, 0) is 37.1 Å². The van der Waals surface area contributed by atoms with Gasteiger partial charge < -0.3 is 16.4 Å². The molecule has 0 aliphatic rings. The monoisotopic (exact) mass is 259 g/mol. The molecule has 0 unspecified atom stereocenters. The molecule has 4 heteroatoms. The van der Waals surface area contributed by atoms with E-state index in [-0.39, 0.29) is 6.03 Å². The number of unbranched alkanes of at least 4 members (excludes halogenated alkanes) is 1. The van der Waals surface area contributed by atoms with E-state index >= 15 is 0 Å². The van der Waals surface area contributed by atoms with Gasteiger partial charge in [0.05, 0.1) is 6.54 Å². The first-order valence-corrected chi connectivity index (χ1v) is 6.51. The summed E-state index contributed by atoms with van der Waals surface area (Å²) in [5, 5.41) is 5.61. The van der Waals surface area contributed by atoms with Crippen molar-refractivity contribution in [1.82, 2.24) is 5.32 Å². The van der Waals surface area contributed by atoms with Crippen molar-refractivity contribution in [3.8, 4) is 11.8 Å². The fraction of sp³-hybridized carbons (Fsp3) is 0.400. The van der Waals surface area contributed by atoms with E-state index in [9.17, 15) is 4.79 Å². The molecule has 1 aromatic carbocycles. The van der Waals surface area contributed by atoms with Gasteiger partial charge in [-0.3, -0.25) is 0 Å². The third-order valence-electron chi connectivity index (χ3n) is 2.63. The van der Waals surface area contributed by atoms with Gasteiger partial charge >= 0.3 is 6.03 Å². The van der Waals surface area contributed by atoms with Crippen LogP contribution < -0.4 is 16.4 Å². The zero-order chi connectivity index (χ0) is 14.1. The Kier molecular flexibility index (Phi) is 6.48. The molecule has 4 N–H and O–H groups in total. The van der Waals surface area contributed by atoms with Gasteiger partial charge in [-0.15, -0.1) is 0 Å². The molecule has 1 rings (SSSR count). The Morgan fingerprint density at radius 2 is 2.21 bits per heavy atom. The van der Waals surface area contributed by atoms with Crippen LogP contribution >= 0.6 is 0 Å². The maximum absolute atomic E-state index is 11.6. The summed E-state index contributed by atoms with van der Waals surface area (Å²) in [6, 6.07) is 5.46. The second-order valence-electron chi connectivity index (χ2n) is 4.27. The minimum absolute atomic E-state index is 0.173. The number of carbonyl (C=O) groups is 1. The Morgan fingerprint density at radius 1 is 1.42 bits per heavy atom. The summed E-state index contributed by atoms with van der Waals surface area (Å²) in [7, 11) is 0. The van der Waals surface area contributed by atoms with Crippen molar-refractivity contribution in [1.29, 1.82) is 0 Å². The number of urea groups is 1. The molecule has 0 atom stereocenters. The fourth-order valence-electron chi connectivity index (χ4n) is 1.58. The van der Waals surface area contributed by atoms with Crippen molar-refractivity contribution < 1.29 is 4.79 Å². The quantitative estimate of drug-likeness (QED) is 0.573. The third-order valence-corrected chi connectivity index (χ3v) is 2.63. The highest BCUT2D eigenvalue weighted by Gasteiger charge is 2.02. The van der Waals surface area contributed by atoms with Gasteiger partial charge in [0.25, 0.3) is 0 Å². The molecule has 102 valence electrons. The van der Waals surface area contributed by atoms with Crippen molar-refractivity contribution >= 4 is 11.7 Å². The number of rotatable bonds is 4. The largest absolute Gasteiger partial charge is 0.338 e. The van der Waals surface area contributed by atoms with Crippen molar-refractivity contribution in [3.05, 3.63) is 29.3 Å². The lowest BCUT2D eigenvalue weighted by Crippen LogP contribution is -2.29. The Balaban J connectivity index is 2.60. The van der Waals surface area contributed by atoms with Crippen LogP contribution in [0.4, 0.5) is 10.5 Å². The van der Waals surface area contributed by atoms with E-state index in [1.165, 1.54) is 0 Å². The number of carbonyl (C=O) groups excluding carboxylic acids is 1. The van der Waals surface area contributed by atoms with Crippen molar-refractivity contribution in [3.63, 3.8) is 0 Å². The van der Waals surface area contributed by atoms with Gasteiger partial charge in [0, 0.05) is 17.8 Å². The summed E-state index contributed by atoms with van der Waals surface area (Å²) in [5.74, 6) is 5.81. The second-order valence-corrected chi connectivity index (χ2v) is 4.27. The molecule has 0 aliphatic heterocycles. The SMILES string of the molecule is CCCCNC(=O)Nc1ccc(C#CCN)c(C)c1. The normalized spacial score (nSPS) is 9.42. The van der Waals surface area contributed by atoms with Gasteiger partial charge in [-0.1, -0.05) is 25.2 Å². The first-order chi connectivity index (χ1) is 9.17. The average Bonchev–Trinajstić information content (AvgIpc) is 2.38. The predicted octanol–water partition coefficient (Wildman–Crippen LogP) is 2.23. The topological polar surface area (TPSA) is 67.2 Å². The molecule has 4 nitrogen and oxygen atoms in total. The highest BCUT2D eigenvalue weighted by molar-refractivity contribution is 5.89. The summed E-state index contributed by atoms with van der Waals surface area (Å²) >= 11 is 0. The molecule has 0 spiro atoms. The molecule has 19 heavy (non-hydrogen) atoms. The van der Waals surface area contributed by atoms with E-state index in [4.69, 9.17) is 5.73 Å². The summed E-state index contributed by atoms with van der Waals surface area (Å²) in [6.07, 6.45) is 2.05. The zero-order valence-corrected chi connectivity index (χ0v) is 11.5. The number of nitrogens with two attached hydrogens (primary N) is 1. The number of amides is 2. The second kappa shape index (κ2) is 8.17. The highest BCUT2D eigenvalue weighted by atomic mass is 16.2. The van der Waals surface area contributed by atoms with E-state index in [2.05, 4.69) is 29.4 Å². The molecule has 0 saturated heterocycles. The molecule has 0 bridgehead atoms. The van der Waals surface area contributed by atoms with Crippen LogP contribution in [0.3, 0.4) is 0 Å².